The molecule has 0 aliphatic rings. The molecule has 0 amide bonds. The van der Waals surface area contributed by atoms with E-state index in [1.807, 2.05) is 0 Å². The van der Waals surface area contributed by atoms with Crippen molar-refractivity contribution in [3.63, 3.8) is 0 Å². The van der Waals surface area contributed by atoms with Crippen LogP contribution in [0.1, 0.15) is 19.3 Å². The summed E-state index contributed by atoms with van der Waals surface area (Å²) in [7, 11) is -7.73. The van der Waals surface area contributed by atoms with Crippen molar-refractivity contribution < 1.29 is 30.5 Å². The molecule has 0 unspecified atom stereocenters. The van der Waals surface area contributed by atoms with Crippen LogP contribution >= 0.6 is 11.6 Å². The Bertz CT molecular complexity index is 1660. The maximum Gasteiger partial charge on any atom is 0.264 e. The van der Waals surface area contributed by atoms with Gasteiger partial charge in [-0.1, -0.05) is 36.2 Å². The average Bonchev–Trinajstić information content (AvgIpc) is 2.84. The molecule has 0 saturated heterocycles. The first-order valence-corrected chi connectivity index (χ1v) is 14.8. The molecule has 4 rings (SSSR count). The number of fused-ring (bicyclic) bond motifs is 1. The molecule has 0 fully saturated rings. The number of aromatic nitrogens is 2. The van der Waals surface area contributed by atoms with Gasteiger partial charge < -0.3 is 4.74 Å². The molecule has 0 atom stereocenters. The van der Waals surface area contributed by atoms with Crippen molar-refractivity contribution >= 4 is 42.5 Å². The summed E-state index contributed by atoms with van der Waals surface area (Å²) in [6.45, 7) is 0. The van der Waals surface area contributed by atoms with Crippen LogP contribution in [0.2, 0.25) is 5.02 Å². The van der Waals surface area contributed by atoms with Crippen molar-refractivity contribution in [3.05, 3.63) is 77.8 Å². The molecule has 0 spiro atoms. The summed E-state index contributed by atoms with van der Waals surface area (Å²) in [6, 6.07) is 15.2. The van der Waals surface area contributed by atoms with Crippen molar-refractivity contribution in [1.29, 1.82) is 0 Å². The zero-order valence-corrected chi connectivity index (χ0v) is 21.7. The highest BCUT2D eigenvalue weighted by Gasteiger charge is 2.17. The van der Waals surface area contributed by atoms with Crippen LogP contribution in [0.4, 0.5) is 4.39 Å². The van der Waals surface area contributed by atoms with E-state index in [1.165, 1.54) is 42.7 Å². The molecule has 3 aromatic carbocycles. The minimum absolute atomic E-state index is 0.0403. The summed E-state index contributed by atoms with van der Waals surface area (Å²) in [5.74, 6) is -0.622. The summed E-state index contributed by atoms with van der Waals surface area (Å²) in [5.41, 5.74) is 0.984. The molecule has 37 heavy (non-hydrogen) atoms. The second-order valence-corrected chi connectivity index (χ2v) is 12.3. The first-order valence-electron chi connectivity index (χ1n) is 11.2. The van der Waals surface area contributed by atoms with Gasteiger partial charge in [0.25, 0.3) is 10.1 Å². The Labute approximate surface area is 218 Å². The number of para-hydroxylation sites is 1. The van der Waals surface area contributed by atoms with Crippen molar-refractivity contribution in [2.45, 2.75) is 24.2 Å². The van der Waals surface area contributed by atoms with Gasteiger partial charge in [0, 0.05) is 10.9 Å². The molecule has 0 saturated carbocycles. The van der Waals surface area contributed by atoms with E-state index in [-0.39, 0.29) is 40.6 Å². The Kier molecular flexibility index (Phi) is 8.08. The molecule has 4 aromatic rings. The number of sulfone groups is 1. The van der Waals surface area contributed by atoms with Gasteiger partial charge in [-0.15, -0.1) is 0 Å². The lowest BCUT2D eigenvalue weighted by Crippen LogP contribution is -2.08. The first kappa shape index (κ1) is 26.9. The first-order chi connectivity index (χ1) is 17.5. The third kappa shape index (κ3) is 6.80. The van der Waals surface area contributed by atoms with Crippen LogP contribution in [-0.4, -0.2) is 42.9 Å². The third-order valence-corrected chi connectivity index (χ3v) is 8.43. The number of hydrogen-bond acceptors (Lipinski definition) is 7. The highest BCUT2D eigenvalue weighted by molar-refractivity contribution is 7.91. The standard InChI is InChI=1S/C25H22ClFN2O6S2/c26-22-9-5-8-20-24(28-16-29-25(20)22)21-15-18(10-11-23(21)27)35-17-6-4-7-19(14-17)36(30,31)12-2-1-3-13-37(32,33)34/h4-11,14-16H,1-3,12-13H2,(H,32,33,34). The quantitative estimate of drug-likeness (QED) is 0.192. The SMILES string of the molecule is O=S(=O)(O)CCCCCS(=O)(=O)c1cccc(Oc2ccc(F)c(-c3ncnc4c(Cl)cccc34)c2)c1. The lowest BCUT2D eigenvalue weighted by Gasteiger charge is -2.11. The van der Waals surface area contributed by atoms with Crippen LogP contribution in [0.5, 0.6) is 11.5 Å². The van der Waals surface area contributed by atoms with Gasteiger partial charge in [0.1, 0.15) is 23.6 Å². The number of benzene rings is 3. The molecule has 12 heteroatoms. The molecule has 0 aliphatic heterocycles. The third-order valence-electron chi connectivity index (χ3n) is 5.52. The van der Waals surface area contributed by atoms with E-state index in [0.717, 1.165) is 0 Å². The fourth-order valence-electron chi connectivity index (χ4n) is 3.75. The second-order valence-electron chi connectivity index (χ2n) is 8.24. The van der Waals surface area contributed by atoms with E-state index in [2.05, 4.69) is 9.97 Å². The van der Waals surface area contributed by atoms with Crippen molar-refractivity contribution in [1.82, 2.24) is 9.97 Å². The maximum absolute atomic E-state index is 14.8. The van der Waals surface area contributed by atoms with Gasteiger partial charge in [0.2, 0.25) is 0 Å². The molecule has 194 valence electrons. The highest BCUT2D eigenvalue weighted by Crippen LogP contribution is 2.34. The molecule has 0 aliphatic carbocycles. The molecule has 0 radical (unpaired) electrons. The van der Waals surface area contributed by atoms with E-state index < -0.39 is 31.5 Å². The predicted molar refractivity (Wildman–Crippen MR) is 139 cm³/mol. The number of nitrogens with zero attached hydrogens (tertiary/aromatic N) is 2. The summed E-state index contributed by atoms with van der Waals surface area (Å²) < 4.78 is 76.5. The van der Waals surface area contributed by atoms with E-state index in [4.69, 9.17) is 20.9 Å². The van der Waals surface area contributed by atoms with Gasteiger partial charge in [-0.25, -0.2) is 22.8 Å². The highest BCUT2D eigenvalue weighted by atomic mass is 35.5. The summed E-state index contributed by atoms with van der Waals surface area (Å²) in [6.07, 6.45) is 2.03. The molecular formula is C25H22ClFN2O6S2. The van der Waals surface area contributed by atoms with Gasteiger partial charge in [0.05, 0.1) is 32.6 Å². The molecule has 1 aromatic heterocycles. The van der Waals surface area contributed by atoms with E-state index in [0.29, 0.717) is 28.0 Å². The monoisotopic (exact) mass is 564 g/mol. The lowest BCUT2D eigenvalue weighted by atomic mass is 10.1. The van der Waals surface area contributed by atoms with Crippen LogP contribution in [0, 0.1) is 5.82 Å². The smallest absolute Gasteiger partial charge is 0.264 e. The van der Waals surface area contributed by atoms with Gasteiger partial charge in [-0.3, -0.25) is 4.55 Å². The summed E-state index contributed by atoms with van der Waals surface area (Å²) >= 11 is 6.22. The van der Waals surface area contributed by atoms with Crippen LogP contribution in [-0.2, 0) is 20.0 Å². The van der Waals surface area contributed by atoms with E-state index in [9.17, 15) is 21.2 Å². The minimum atomic E-state index is -4.07. The molecule has 8 nitrogen and oxygen atoms in total. The molecule has 1 heterocycles. The summed E-state index contributed by atoms with van der Waals surface area (Å²) in [4.78, 5) is 8.45. The Morgan fingerprint density at radius 2 is 1.59 bits per heavy atom. The van der Waals surface area contributed by atoms with E-state index in [1.54, 1.807) is 24.3 Å². The van der Waals surface area contributed by atoms with Crippen LogP contribution < -0.4 is 4.74 Å². The number of halogens is 2. The number of rotatable bonds is 10. The Hall–Kier alpha value is -3.12. The topological polar surface area (TPSA) is 124 Å². The van der Waals surface area contributed by atoms with Crippen LogP contribution in [0.15, 0.2) is 71.9 Å². The normalized spacial score (nSPS) is 12.1. The van der Waals surface area contributed by atoms with Crippen molar-refractivity contribution in [3.8, 4) is 22.8 Å². The fourth-order valence-corrected chi connectivity index (χ4v) is 5.95. The van der Waals surface area contributed by atoms with Gasteiger partial charge in [-0.05, 0) is 55.3 Å². The maximum atomic E-state index is 14.8. The van der Waals surface area contributed by atoms with Crippen molar-refractivity contribution in [2.75, 3.05) is 11.5 Å². The minimum Gasteiger partial charge on any atom is -0.457 e. The Morgan fingerprint density at radius 1 is 0.865 bits per heavy atom. The van der Waals surface area contributed by atoms with Crippen LogP contribution in [0.25, 0.3) is 22.2 Å². The Balaban J connectivity index is 1.53. The zero-order chi connectivity index (χ0) is 26.6. The molecular weight excluding hydrogens is 543 g/mol. The van der Waals surface area contributed by atoms with Gasteiger partial charge in [0.15, 0.2) is 9.84 Å². The largest absolute Gasteiger partial charge is 0.457 e. The van der Waals surface area contributed by atoms with Crippen LogP contribution in [0.3, 0.4) is 0 Å². The Morgan fingerprint density at radius 3 is 2.38 bits per heavy atom. The van der Waals surface area contributed by atoms with Gasteiger partial charge in [-0.2, -0.15) is 8.42 Å². The molecule has 0 bridgehead atoms. The molecule has 1 N–H and O–H groups in total. The predicted octanol–water partition coefficient (Wildman–Crippen LogP) is 5.71. The lowest BCUT2D eigenvalue weighted by molar-refractivity contribution is 0.478. The van der Waals surface area contributed by atoms with Gasteiger partial charge >= 0.3 is 0 Å². The number of unbranched alkanes of at least 4 members (excludes halogenated alkanes) is 2. The average molecular weight is 565 g/mol. The number of ether oxygens (including phenoxy) is 1. The van der Waals surface area contributed by atoms with Crippen molar-refractivity contribution in [2.24, 2.45) is 0 Å². The fraction of sp³-hybridized carbons (Fsp3) is 0.200. The van der Waals surface area contributed by atoms with E-state index >= 15 is 0 Å². The number of hydrogen-bond donors (Lipinski definition) is 1. The second kappa shape index (κ2) is 11.1. The zero-order valence-electron chi connectivity index (χ0n) is 19.3. The summed E-state index contributed by atoms with van der Waals surface area (Å²) in [5, 5.41) is 0.973.